The first-order valence-corrected chi connectivity index (χ1v) is 35.2. The molecule has 8 atom stereocenters. The maximum Gasteiger partial charge on any atom is 0.407 e. The topological polar surface area (TPSA) is 352 Å². The van der Waals surface area contributed by atoms with E-state index in [1.807, 2.05) is 91.0 Å². The van der Waals surface area contributed by atoms with Gasteiger partial charge < -0.3 is 57.2 Å². The molecule has 0 fully saturated rings. The van der Waals surface area contributed by atoms with Crippen LogP contribution in [-0.4, -0.2) is 159 Å². The lowest BCUT2D eigenvalue weighted by Crippen LogP contribution is -2.66. The summed E-state index contributed by atoms with van der Waals surface area (Å²) in [6.07, 6.45) is -4.38. The highest BCUT2D eigenvalue weighted by atomic mass is 16.6. The van der Waals surface area contributed by atoms with Gasteiger partial charge in [-0.3, -0.25) is 48.3 Å². The van der Waals surface area contributed by atoms with Crippen LogP contribution in [0.3, 0.4) is 0 Å². The van der Waals surface area contributed by atoms with Crippen molar-refractivity contribution in [1.82, 2.24) is 30.7 Å². The molecule has 0 heterocycles. The number of imide groups is 3. The maximum absolute atomic E-state index is 16.4. The van der Waals surface area contributed by atoms with E-state index in [0.717, 1.165) is 27.8 Å². The van der Waals surface area contributed by atoms with Crippen LogP contribution in [0.15, 0.2) is 170 Å². The minimum absolute atomic E-state index is 0.00958. The van der Waals surface area contributed by atoms with Crippen molar-refractivity contribution in [3.05, 3.63) is 203 Å². The minimum atomic E-state index is -2.26. The normalized spacial score (nSPS) is 14.5. The molecule has 0 saturated carbocycles. The molecule has 7 rings (SSSR count). The zero-order chi connectivity index (χ0) is 76.2. The highest BCUT2D eigenvalue weighted by Gasteiger charge is 2.49. The van der Waals surface area contributed by atoms with Gasteiger partial charge >= 0.3 is 18.2 Å². The molecule has 0 saturated heterocycles. The lowest BCUT2D eigenvalue weighted by atomic mass is 9.77. The first-order chi connectivity index (χ1) is 49.3. The summed E-state index contributed by atoms with van der Waals surface area (Å²) in [6.45, 7) is 15.1. The average Bonchev–Trinajstić information content (AvgIpc) is 1.63. The number of ether oxygens (including phenoxy) is 4. The molecule has 1 aliphatic rings. The highest BCUT2D eigenvalue weighted by Crippen LogP contribution is 2.45. The summed E-state index contributed by atoms with van der Waals surface area (Å²) in [6, 6.07) is 39.8. The fraction of sp³-hybridized carbons (Fsp3) is 0.425. The van der Waals surface area contributed by atoms with E-state index in [2.05, 4.69) is 16.0 Å². The first kappa shape index (κ1) is 81.3. The van der Waals surface area contributed by atoms with Crippen molar-refractivity contribution in [3.63, 3.8) is 0 Å². The lowest BCUT2D eigenvalue weighted by Gasteiger charge is -2.40. The minimum Gasteiger partial charge on any atom is -0.480 e. The van der Waals surface area contributed by atoms with Crippen LogP contribution in [0.25, 0.3) is 11.1 Å². The second-order valence-electron chi connectivity index (χ2n) is 28.6. The number of alkyl carbamates (subject to hydrolysis) is 2. The molecule has 6 aromatic carbocycles. The smallest absolute Gasteiger partial charge is 0.407 e. The Bertz CT molecular complexity index is 3780. The Balaban J connectivity index is 1.30. The van der Waals surface area contributed by atoms with E-state index in [1.165, 1.54) is 13.8 Å². The second kappa shape index (κ2) is 36.9. The molecule has 0 bridgehead atoms. The van der Waals surface area contributed by atoms with E-state index < -0.39 is 156 Å². The van der Waals surface area contributed by atoms with E-state index in [-0.39, 0.29) is 50.3 Å². The first-order valence-electron chi connectivity index (χ1n) is 35.2. The molecule has 9 amide bonds. The van der Waals surface area contributed by atoms with Crippen LogP contribution in [0.5, 0.6) is 0 Å². The number of hydrogen-bond acceptors (Lipinski definition) is 17. The molecule has 0 unspecified atom stereocenters. The number of carbonyl (C=O) groups excluding carboxylic acids is 9. The van der Waals surface area contributed by atoms with Crippen molar-refractivity contribution < 1.29 is 72.0 Å². The zero-order valence-corrected chi connectivity index (χ0v) is 61.2. The van der Waals surface area contributed by atoms with Gasteiger partial charge in [0.05, 0.1) is 42.4 Å². The number of carbonyl (C=O) groups is 10. The Hall–Kier alpha value is -9.98. The van der Waals surface area contributed by atoms with Gasteiger partial charge in [-0.25, -0.2) is 14.4 Å². The van der Waals surface area contributed by atoms with E-state index in [9.17, 15) is 24.3 Å². The van der Waals surface area contributed by atoms with Crippen LogP contribution in [0.4, 0.5) is 9.59 Å². The van der Waals surface area contributed by atoms with Crippen molar-refractivity contribution in [1.29, 1.82) is 0 Å². The number of nitrogens with zero attached hydrogens (tertiary/aromatic N) is 3. The summed E-state index contributed by atoms with van der Waals surface area (Å²) in [5.74, 6) is -12.7. The fourth-order valence-corrected chi connectivity index (χ4v) is 12.6. The number of rotatable bonds is 33. The predicted molar refractivity (Wildman–Crippen MR) is 392 cm³/mol. The highest BCUT2D eigenvalue weighted by molar-refractivity contribution is 6.11. The summed E-state index contributed by atoms with van der Waals surface area (Å²) in [5, 5.41) is 19.5. The Morgan fingerprint density at radius 1 is 0.577 bits per heavy atom. The fourth-order valence-electron chi connectivity index (χ4n) is 12.6. The van der Waals surface area contributed by atoms with Crippen LogP contribution in [0, 0.1) is 11.8 Å². The van der Waals surface area contributed by atoms with Crippen molar-refractivity contribution in [3.8, 4) is 11.1 Å². The van der Waals surface area contributed by atoms with Gasteiger partial charge in [0.25, 0.3) is 11.8 Å². The Morgan fingerprint density at radius 3 is 1.57 bits per heavy atom. The third kappa shape index (κ3) is 21.3. The van der Waals surface area contributed by atoms with Gasteiger partial charge in [0, 0.05) is 12.5 Å². The molecule has 0 radical (unpaired) electrons. The summed E-state index contributed by atoms with van der Waals surface area (Å²) in [7, 11) is 0. The molecule has 0 aromatic heterocycles. The number of carboxylic acids is 1. The van der Waals surface area contributed by atoms with Crippen LogP contribution in [-0.2, 0) is 69.4 Å². The van der Waals surface area contributed by atoms with E-state index >= 15 is 28.8 Å². The largest absolute Gasteiger partial charge is 0.480 e. The molecular formula is C80H101N9O15. The van der Waals surface area contributed by atoms with Gasteiger partial charge in [0.2, 0.25) is 29.5 Å². The molecule has 24 heteroatoms. The third-order valence-corrected chi connectivity index (χ3v) is 17.9. The molecule has 10 N–H and O–H groups in total. The molecule has 1 aliphatic carbocycles. The summed E-state index contributed by atoms with van der Waals surface area (Å²) >= 11 is 0. The Labute approximate surface area is 609 Å². The van der Waals surface area contributed by atoms with Crippen LogP contribution in [0.2, 0.25) is 0 Å². The zero-order valence-electron chi connectivity index (χ0n) is 61.2. The van der Waals surface area contributed by atoms with E-state index in [1.54, 1.807) is 141 Å². The maximum atomic E-state index is 16.4. The number of amides is 9. The van der Waals surface area contributed by atoms with Gasteiger partial charge in [-0.15, -0.1) is 0 Å². The molecule has 0 spiro atoms. The number of carboxylic acid groups (broad SMARTS) is 1. The summed E-state index contributed by atoms with van der Waals surface area (Å²) in [5.41, 5.74) is 23.0. The number of nitrogens with two attached hydrogens (primary N) is 3. The second-order valence-corrected chi connectivity index (χ2v) is 28.6. The van der Waals surface area contributed by atoms with E-state index in [4.69, 9.17) is 36.1 Å². The van der Waals surface area contributed by atoms with Crippen LogP contribution in [0.1, 0.15) is 148 Å². The number of hydrogen-bond donors (Lipinski definition) is 7. The van der Waals surface area contributed by atoms with Crippen LogP contribution < -0.4 is 33.2 Å². The molecule has 104 heavy (non-hydrogen) atoms. The van der Waals surface area contributed by atoms with Crippen LogP contribution >= 0.6 is 0 Å². The van der Waals surface area contributed by atoms with Crippen molar-refractivity contribution >= 4 is 59.5 Å². The number of benzene rings is 6. The van der Waals surface area contributed by atoms with Gasteiger partial charge in [0.15, 0.2) is 6.04 Å². The van der Waals surface area contributed by atoms with Crippen molar-refractivity contribution in [2.24, 2.45) is 29.0 Å². The van der Waals surface area contributed by atoms with Crippen molar-refractivity contribution in [2.75, 3.05) is 26.3 Å². The molecule has 556 valence electrons. The predicted octanol–water partition coefficient (Wildman–Crippen LogP) is 9.08. The van der Waals surface area contributed by atoms with Gasteiger partial charge in [-0.1, -0.05) is 204 Å². The van der Waals surface area contributed by atoms with Gasteiger partial charge in [-0.2, -0.15) is 0 Å². The summed E-state index contributed by atoms with van der Waals surface area (Å²) in [4.78, 5) is 152. The van der Waals surface area contributed by atoms with Crippen molar-refractivity contribution in [2.45, 2.75) is 180 Å². The SMILES string of the molecule is CC[C@H](C)[C@@H](C(=O)N(CC(=O)N(C(=O)[C@@H](N)CC(=O)NC(c1ccccc1)(c1ccccc1)c1ccccc1)[C@@H](COC(C)(C)C)C(=O)O)C(=O)[C@@H](N)[C@H](C)OC(C)(C)C)N(C(=O)[C@H](N)CCCNC(=O)OCc1ccccc1)C(=O)[C@H](CC(C)C)NC(=O)OCC1c2ccccc2-c2ccccc21. The Kier molecular flexibility index (Phi) is 28.9. The summed E-state index contributed by atoms with van der Waals surface area (Å²) < 4.78 is 23.4. The molecule has 24 nitrogen and oxygen atoms in total. The average molecular weight is 1430 g/mol. The molecule has 6 aromatic rings. The number of nitrogens with one attached hydrogen (secondary N) is 3. The van der Waals surface area contributed by atoms with Gasteiger partial charge in [0.1, 0.15) is 43.4 Å². The van der Waals surface area contributed by atoms with E-state index in [0.29, 0.717) is 26.5 Å². The number of aliphatic carboxylic acids is 1. The van der Waals surface area contributed by atoms with Gasteiger partial charge in [-0.05, 0) is 124 Å². The molecular weight excluding hydrogens is 1330 g/mol. The third-order valence-electron chi connectivity index (χ3n) is 17.9. The lowest BCUT2D eigenvalue weighted by molar-refractivity contribution is -0.169. The molecule has 0 aliphatic heterocycles. The standard InChI is InChI=1S/C80H101N9O15/c1-12-51(4)69(89(70(92)62(81)42-29-43-84-76(99)101-47-53-30-17-13-18-31-53)72(94)64(44-50(2)3)85-77(100)102-48-61-59-40-27-25-38-57(59)58-39-26-28-41-60(58)61)74(96)87(73(95)68(83)52(5)104-79(9,10)11)46-67(91)88(65(75(97)98)49-103-78(6,7)8)71(93)63(82)45-66(90)86-80(54-32-19-14-20-33-54,55-34-21-15-22-35-55)56-36-23-16-24-37-56/h13-28,30-41,50-52,61-65,68-69H,12,29,42-49,81-83H2,1-11H3,(H,84,99)(H,85,100)(H,86,90)(H,97,98)/t51-,52-,62+,63-,64-,65-,68-,69-/m0/s1. The quantitative estimate of drug-likeness (QED) is 0.0149. The Morgan fingerprint density at radius 2 is 1.08 bits per heavy atom. The monoisotopic (exact) mass is 1430 g/mol. The number of fused-ring (bicyclic) bond motifs is 3.